The Balaban J connectivity index is 1.51. The molecule has 2 heterocycles. The van der Waals surface area contributed by atoms with E-state index < -0.39 is 0 Å². The van der Waals surface area contributed by atoms with Crippen molar-refractivity contribution >= 4 is 0 Å². The lowest BCUT2D eigenvalue weighted by Crippen LogP contribution is -2.34. The molecule has 0 aliphatic carbocycles. The zero-order valence-electron chi connectivity index (χ0n) is 11.5. The summed E-state index contributed by atoms with van der Waals surface area (Å²) in [6, 6.07) is 8.59. The topological polar surface area (TPSA) is 43.4 Å². The van der Waals surface area contributed by atoms with E-state index in [0.717, 1.165) is 13.1 Å². The van der Waals surface area contributed by atoms with Crippen LogP contribution in [0.3, 0.4) is 0 Å². The Labute approximate surface area is 118 Å². The van der Waals surface area contributed by atoms with Crippen LogP contribution in [0.15, 0.2) is 24.3 Å². The summed E-state index contributed by atoms with van der Waals surface area (Å²) in [7, 11) is 0. The first-order valence-electron chi connectivity index (χ1n) is 6.74. The first kappa shape index (κ1) is 13.9. The molecule has 0 bridgehead atoms. The zero-order chi connectivity index (χ0) is 13.6. The molecular formula is C14H20N2O4. The van der Waals surface area contributed by atoms with E-state index in [0.29, 0.717) is 40.5 Å². The Morgan fingerprint density at radius 3 is 1.35 bits per heavy atom. The lowest BCUT2D eigenvalue weighted by atomic mass is 10.1. The van der Waals surface area contributed by atoms with Crippen LogP contribution in [0, 0.1) is 0 Å². The Hall–Kier alpha value is -1.02. The second kappa shape index (κ2) is 7.12. The van der Waals surface area contributed by atoms with Gasteiger partial charge in [-0.25, -0.2) is 0 Å². The summed E-state index contributed by atoms with van der Waals surface area (Å²) < 4.78 is 21.0. The maximum atomic E-state index is 5.25. The number of rotatable bonds is 4. The van der Waals surface area contributed by atoms with Crippen molar-refractivity contribution in [1.82, 2.24) is 9.80 Å². The molecule has 0 atom stereocenters. The zero-order valence-corrected chi connectivity index (χ0v) is 11.5. The molecule has 0 saturated carbocycles. The highest BCUT2D eigenvalue weighted by Gasteiger charge is 2.12. The van der Waals surface area contributed by atoms with Crippen LogP contribution in [0.25, 0.3) is 0 Å². The van der Waals surface area contributed by atoms with Gasteiger partial charge in [-0.15, -0.1) is 0 Å². The van der Waals surface area contributed by atoms with Gasteiger partial charge in [0.15, 0.2) is 0 Å². The van der Waals surface area contributed by atoms with Crippen molar-refractivity contribution < 1.29 is 18.9 Å². The molecule has 110 valence electrons. The van der Waals surface area contributed by atoms with Crippen molar-refractivity contribution in [3.8, 4) is 0 Å². The van der Waals surface area contributed by atoms with Gasteiger partial charge in [0.1, 0.15) is 40.5 Å². The average Bonchev–Trinajstić information content (AvgIpc) is 2.51. The second-order valence-corrected chi connectivity index (χ2v) is 5.04. The molecule has 0 aromatic heterocycles. The van der Waals surface area contributed by atoms with Gasteiger partial charge < -0.3 is 18.9 Å². The van der Waals surface area contributed by atoms with Crippen LogP contribution in [0.1, 0.15) is 11.1 Å². The molecule has 0 N–H and O–H groups in total. The molecule has 2 fully saturated rings. The molecule has 1 aromatic carbocycles. The van der Waals surface area contributed by atoms with Crippen molar-refractivity contribution in [2.75, 3.05) is 40.5 Å². The van der Waals surface area contributed by atoms with Gasteiger partial charge in [0.25, 0.3) is 0 Å². The molecule has 6 heteroatoms. The summed E-state index contributed by atoms with van der Waals surface area (Å²) in [5, 5.41) is 0. The summed E-state index contributed by atoms with van der Waals surface area (Å²) in [4.78, 5) is 4.23. The van der Waals surface area contributed by atoms with Crippen LogP contribution in [-0.4, -0.2) is 50.3 Å². The molecule has 2 aliphatic rings. The third kappa shape index (κ3) is 3.99. The summed E-state index contributed by atoms with van der Waals surface area (Å²) in [5.41, 5.74) is 2.52. The molecule has 1 aromatic rings. The van der Waals surface area contributed by atoms with E-state index in [4.69, 9.17) is 18.9 Å². The summed E-state index contributed by atoms with van der Waals surface area (Å²) >= 11 is 0. The first-order valence-corrected chi connectivity index (χ1v) is 6.74. The van der Waals surface area contributed by atoms with Gasteiger partial charge in [0, 0.05) is 13.1 Å². The quantitative estimate of drug-likeness (QED) is 0.824. The fraction of sp³-hybridized carbons (Fsp3) is 0.571. The molecule has 2 saturated heterocycles. The van der Waals surface area contributed by atoms with Crippen LogP contribution in [-0.2, 0) is 32.0 Å². The Bertz CT molecular complexity index is 361. The van der Waals surface area contributed by atoms with Gasteiger partial charge in [-0.1, -0.05) is 24.3 Å². The highest BCUT2D eigenvalue weighted by Crippen LogP contribution is 2.12. The van der Waals surface area contributed by atoms with Gasteiger partial charge >= 0.3 is 0 Å². The van der Waals surface area contributed by atoms with Crippen molar-refractivity contribution in [3.63, 3.8) is 0 Å². The van der Waals surface area contributed by atoms with Gasteiger partial charge in [0.2, 0.25) is 0 Å². The van der Waals surface area contributed by atoms with Crippen LogP contribution < -0.4 is 0 Å². The van der Waals surface area contributed by atoms with Crippen molar-refractivity contribution in [2.45, 2.75) is 13.1 Å². The number of benzene rings is 1. The average molecular weight is 280 g/mol. The molecule has 2 aliphatic heterocycles. The Morgan fingerprint density at radius 1 is 0.650 bits per heavy atom. The second-order valence-electron chi connectivity index (χ2n) is 5.04. The molecule has 0 amide bonds. The van der Waals surface area contributed by atoms with E-state index >= 15 is 0 Å². The van der Waals surface area contributed by atoms with E-state index in [2.05, 4.69) is 34.1 Å². The van der Waals surface area contributed by atoms with Gasteiger partial charge in [-0.3, -0.25) is 9.80 Å². The molecule has 20 heavy (non-hydrogen) atoms. The van der Waals surface area contributed by atoms with Gasteiger partial charge in [-0.2, -0.15) is 0 Å². The smallest absolute Gasteiger partial charge is 0.150 e. The molecule has 0 unspecified atom stereocenters. The summed E-state index contributed by atoms with van der Waals surface area (Å²) in [5.74, 6) is 0. The third-order valence-electron chi connectivity index (χ3n) is 3.26. The van der Waals surface area contributed by atoms with Crippen LogP contribution >= 0.6 is 0 Å². The predicted octanol–water partition coefficient (Wildman–Crippen LogP) is 1.13. The van der Waals surface area contributed by atoms with Gasteiger partial charge in [0.05, 0.1) is 0 Å². The highest BCUT2D eigenvalue weighted by molar-refractivity contribution is 5.22. The van der Waals surface area contributed by atoms with Gasteiger partial charge in [-0.05, 0) is 11.1 Å². The van der Waals surface area contributed by atoms with Crippen molar-refractivity contribution in [3.05, 3.63) is 35.4 Å². The third-order valence-corrected chi connectivity index (χ3v) is 3.26. The first-order chi connectivity index (χ1) is 9.90. The predicted molar refractivity (Wildman–Crippen MR) is 71.1 cm³/mol. The maximum Gasteiger partial charge on any atom is 0.150 e. The fourth-order valence-corrected chi connectivity index (χ4v) is 2.31. The molecule has 6 nitrogen and oxygen atoms in total. The molecule has 0 spiro atoms. The Kier molecular flexibility index (Phi) is 4.96. The molecule has 3 rings (SSSR count). The SMILES string of the molecule is c1cc(CN2COCOC2)ccc1CN1COCOC1. The van der Waals surface area contributed by atoms with Crippen molar-refractivity contribution in [1.29, 1.82) is 0 Å². The van der Waals surface area contributed by atoms with E-state index in [-0.39, 0.29) is 0 Å². The summed E-state index contributed by atoms with van der Waals surface area (Å²) in [6.07, 6.45) is 0. The minimum absolute atomic E-state index is 0.398. The molecule has 0 radical (unpaired) electrons. The highest BCUT2D eigenvalue weighted by atomic mass is 16.7. The van der Waals surface area contributed by atoms with Crippen molar-refractivity contribution in [2.24, 2.45) is 0 Å². The fourth-order valence-electron chi connectivity index (χ4n) is 2.31. The minimum Gasteiger partial charge on any atom is -0.340 e. The number of nitrogens with zero attached hydrogens (tertiary/aromatic N) is 2. The number of hydrogen-bond donors (Lipinski definition) is 0. The van der Waals surface area contributed by atoms with Crippen LogP contribution in [0.2, 0.25) is 0 Å². The number of ether oxygens (including phenoxy) is 4. The molecular weight excluding hydrogens is 260 g/mol. The minimum atomic E-state index is 0.398. The lowest BCUT2D eigenvalue weighted by molar-refractivity contribution is -0.186. The van der Waals surface area contributed by atoms with E-state index in [1.807, 2.05) is 0 Å². The number of hydrogen-bond acceptors (Lipinski definition) is 6. The Morgan fingerprint density at radius 2 is 1.00 bits per heavy atom. The lowest BCUT2D eigenvalue weighted by Gasteiger charge is -2.27. The van der Waals surface area contributed by atoms with E-state index in [9.17, 15) is 0 Å². The normalized spacial score (nSPS) is 22.0. The summed E-state index contributed by atoms with van der Waals surface area (Å²) in [6.45, 7) is 5.00. The monoisotopic (exact) mass is 280 g/mol. The standard InChI is InChI=1S/C14H20N2O4/c1-2-14(6-16-9-19-12-20-10-16)4-3-13(1)5-15-7-17-11-18-8-15/h1-4H,5-12H2. The van der Waals surface area contributed by atoms with Crippen LogP contribution in [0.4, 0.5) is 0 Å². The maximum absolute atomic E-state index is 5.25. The van der Waals surface area contributed by atoms with Crippen LogP contribution in [0.5, 0.6) is 0 Å². The largest absolute Gasteiger partial charge is 0.340 e. The van der Waals surface area contributed by atoms with E-state index in [1.165, 1.54) is 11.1 Å². The van der Waals surface area contributed by atoms with E-state index in [1.54, 1.807) is 0 Å².